The van der Waals surface area contributed by atoms with Crippen LogP contribution in [0.2, 0.25) is 0 Å². The molecule has 1 aliphatic heterocycles. The Balaban J connectivity index is 1.64. The molecule has 2 aromatic carbocycles. The first-order chi connectivity index (χ1) is 12.7. The molecule has 0 saturated carbocycles. The smallest absolute Gasteiger partial charge is 0.119 e. The maximum Gasteiger partial charge on any atom is 0.119 e. The Hall–Kier alpha value is -2.26. The van der Waals surface area contributed by atoms with E-state index >= 15 is 0 Å². The predicted molar refractivity (Wildman–Crippen MR) is 108 cm³/mol. The standard InChI is InChI=1S/C23H28N2O/c1-4-26-19-8-6-18(7-9-19)11-14-25-22-10-5-17(2)15-20(22)21-16-24(3)13-12-23(21)25/h5-10,15H,4,11-14,16H2,1-3H3. The van der Waals surface area contributed by atoms with Crippen molar-refractivity contribution in [2.24, 2.45) is 0 Å². The third kappa shape index (κ3) is 3.24. The number of hydrogen-bond acceptors (Lipinski definition) is 2. The molecular weight excluding hydrogens is 320 g/mol. The second-order valence-corrected chi connectivity index (χ2v) is 7.41. The van der Waals surface area contributed by atoms with Gasteiger partial charge in [-0.25, -0.2) is 0 Å². The second-order valence-electron chi connectivity index (χ2n) is 7.41. The van der Waals surface area contributed by atoms with E-state index in [1.807, 2.05) is 6.92 Å². The second kappa shape index (κ2) is 7.16. The Kier molecular flexibility index (Phi) is 4.73. The molecule has 0 bridgehead atoms. The molecule has 26 heavy (non-hydrogen) atoms. The minimum absolute atomic E-state index is 0.717. The fourth-order valence-corrected chi connectivity index (χ4v) is 4.11. The molecule has 0 atom stereocenters. The Morgan fingerprint density at radius 2 is 1.88 bits per heavy atom. The molecule has 0 spiro atoms. The maximum absolute atomic E-state index is 5.55. The van der Waals surface area contributed by atoms with E-state index in [4.69, 9.17) is 4.74 Å². The SMILES string of the molecule is CCOc1ccc(CCn2c3c(c4cc(C)ccc42)CN(C)CC3)cc1. The zero-order chi connectivity index (χ0) is 18.1. The van der Waals surface area contributed by atoms with Gasteiger partial charge in [0.2, 0.25) is 0 Å². The van der Waals surface area contributed by atoms with Crippen LogP contribution in [0, 0.1) is 6.92 Å². The molecule has 0 N–H and O–H groups in total. The summed E-state index contributed by atoms with van der Waals surface area (Å²) in [5.74, 6) is 0.957. The van der Waals surface area contributed by atoms with Gasteiger partial charge in [-0.2, -0.15) is 0 Å². The molecule has 0 aliphatic carbocycles. The van der Waals surface area contributed by atoms with Crippen LogP contribution in [0.1, 0.15) is 29.3 Å². The van der Waals surface area contributed by atoms with E-state index in [1.165, 1.54) is 33.3 Å². The van der Waals surface area contributed by atoms with Gasteiger partial charge in [-0.3, -0.25) is 0 Å². The van der Waals surface area contributed by atoms with E-state index in [-0.39, 0.29) is 0 Å². The van der Waals surface area contributed by atoms with Crippen LogP contribution < -0.4 is 4.74 Å². The van der Waals surface area contributed by atoms with Crippen molar-refractivity contribution < 1.29 is 4.74 Å². The van der Waals surface area contributed by atoms with Crippen LogP contribution >= 0.6 is 0 Å². The van der Waals surface area contributed by atoms with Crippen molar-refractivity contribution in [3.05, 3.63) is 64.8 Å². The van der Waals surface area contributed by atoms with Crippen molar-refractivity contribution in [1.29, 1.82) is 0 Å². The van der Waals surface area contributed by atoms with Crippen LogP contribution in [0.15, 0.2) is 42.5 Å². The van der Waals surface area contributed by atoms with Crippen LogP contribution in [0.5, 0.6) is 5.75 Å². The average Bonchev–Trinajstić information content (AvgIpc) is 2.94. The highest BCUT2D eigenvalue weighted by Crippen LogP contribution is 2.31. The highest BCUT2D eigenvalue weighted by atomic mass is 16.5. The van der Waals surface area contributed by atoms with Gasteiger partial charge in [0, 0.05) is 42.7 Å². The van der Waals surface area contributed by atoms with Crippen LogP contribution in [-0.2, 0) is 25.9 Å². The third-order valence-electron chi connectivity index (χ3n) is 5.46. The molecular formula is C23H28N2O. The van der Waals surface area contributed by atoms with E-state index in [0.29, 0.717) is 6.61 Å². The van der Waals surface area contributed by atoms with E-state index in [9.17, 15) is 0 Å². The van der Waals surface area contributed by atoms with Crippen LogP contribution in [0.25, 0.3) is 10.9 Å². The number of hydrogen-bond donors (Lipinski definition) is 0. The quantitative estimate of drug-likeness (QED) is 0.671. The summed E-state index contributed by atoms with van der Waals surface area (Å²) < 4.78 is 8.12. The van der Waals surface area contributed by atoms with Gasteiger partial charge in [0.1, 0.15) is 5.75 Å². The van der Waals surface area contributed by atoms with Gasteiger partial charge < -0.3 is 14.2 Å². The van der Waals surface area contributed by atoms with Crippen LogP contribution in [0.4, 0.5) is 0 Å². The topological polar surface area (TPSA) is 17.4 Å². The van der Waals surface area contributed by atoms with Crippen molar-refractivity contribution in [1.82, 2.24) is 9.47 Å². The zero-order valence-corrected chi connectivity index (χ0v) is 16.1. The van der Waals surface area contributed by atoms with Gasteiger partial charge in [0.25, 0.3) is 0 Å². The summed E-state index contributed by atoms with van der Waals surface area (Å²) in [4.78, 5) is 2.43. The minimum Gasteiger partial charge on any atom is -0.494 e. The Bertz CT molecular complexity index is 908. The summed E-state index contributed by atoms with van der Waals surface area (Å²) in [5, 5.41) is 1.44. The van der Waals surface area contributed by atoms with Gasteiger partial charge in [-0.15, -0.1) is 0 Å². The first kappa shape index (κ1) is 17.2. The summed E-state index contributed by atoms with van der Waals surface area (Å²) >= 11 is 0. The molecule has 2 heterocycles. The summed E-state index contributed by atoms with van der Waals surface area (Å²) in [6.07, 6.45) is 2.19. The Labute approximate surface area is 156 Å². The van der Waals surface area contributed by atoms with Crippen LogP contribution in [0.3, 0.4) is 0 Å². The van der Waals surface area contributed by atoms with E-state index in [1.54, 1.807) is 0 Å². The summed E-state index contributed by atoms with van der Waals surface area (Å²) in [6.45, 7) is 8.17. The first-order valence-corrected chi connectivity index (χ1v) is 9.66. The zero-order valence-electron chi connectivity index (χ0n) is 16.1. The van der Waals surface area contributed by atoms with E-state index < -0.39 is 0 Å². The Morgan fingerprint density at radius 3 is 2.65 bits per heavy atom. The van der Waals surface area contributed by atoms with Gasteiger partial charge in [-0.1, -0.05) is 23.8 Å². The molecule has 0 saturated heterocycles. The highest BCUT2D eigenvalue weighted by Gasteiger charge is 2.22. The van der Waals surface area contributed by atoms with Crippen LogP contribution in [-0.4, -0.2) is 29.7 Å². The molecule has 1 aliphatic rings. The van der Waals surface area contributed by atoms with Crippen molar-refractivity contribution in [2.45, 2.75) is 39.8 Å². The number of rotatable bonds is 5. The summed E-state index contributed by atoms with van der Waals surface area (Å²) in [5.41, 5.74) is 7.17. The molecule has 136 valence electrons. The number of benzene rings is 2. The molecule has 3 nitrogen and oxygen atoms in total. The fourth-order valence-electron chi connectivity index (χ4n) is 4.11. The molecule has 0 amide bonds. The van der Waals surface area contributed by atoms with E-state index in [0.717, 1.165) is 38.2 Å². The molecule has 3 heteroatoms. The van der Waals surface area contributed by atoms with Gasteiger partial charge in [0.15, 0.2) is 0 Å². The average molecular weight is 348 g/mol. The predicted octanol–water partition coefficient (Wildman–Crippen LogP) is 4.58. The molecule has 0 unspecified atom stereocenters. The number of nitrogens with zero attached hydrogens (tertiary/aromatic N) is 2. The maximum atomic E-state index is 5.55. The van der Waals surface area contributed by atoms with Crippen molar-refractivity contribution in [2.75, 3.05) is 20.2 Å². The number of fused-ring (bicyclic) bond motifs is 3. The van der Waals surface area contributed by atoms with Crippen molar-refractivity contribution >= 4 is 10.9 Å². The van der Waals surface area contributed by atoms with Crippen molar-refractivity contribution in [3.63, 3.8) is 0 Å². The largest absolute Gasteiger partial charge is 0.494 e. The lowest BCUT2D eigenvalue weighted by Crippen LogP contribution is -2.27. The normalized spacial score (nSPS) is 14.6. The number of likely N-dealkylation sites (N-methyl/N-ethyl adjacent to an activating group) is 1. The van der Waals surface area contributed by atoms with Gasteiger partial charge in [-0.05, 0) is 62.7 Å². The lowest BCUT2D eigenvalue weighted by Gasteiger charge is -2.24. The monoisotopic (exact) mass is 348 g/mol. The molecule has 0 fully saturated rings. The summed E-state index contributed by atoms with van der Waals surface area (Å²) in [7, 11) is 2.22. The highest BCUT2D eigenvalue weighted by molar-refractivity contribution is 5.86. The molecule has 4 rings (SSSR count). The molecule has 3 aromatic rings. The van der Waals surface area contributed by atoms with Crippen molar-refractivity contribution in [3.8, 4) is 5.75 Å². The third-order valence-corrected chi connectivity index (χ3v) is 5.46. The van der Waals surface area contributed by atoms with E-state index in [2.05, 4.69) is 65.9 Å². The van der Waals surface area contributed by atoms with Gasteiger partial charge >= 0.3 is 0 Å². The fraction of sp³-hybridized carbons (Fsp3) is 0.391. The molecule has 0 radical (unpaired) electrons. The summed E-state index contributed by atoms with van der Waals surface area (Å²) in [6, 6.07) is 15.5. The Morgan fingerprint density at radius 1 is 1.08 bits per heavy atom. The lowest BCUT2D eigenvalue weighted by atomic mass is 10.0. The van der Waals surface area contributed by atoms with Gasteiger partial charge in [0.05, 0.1) is 6.61 Å². The number of ether oxygens (including phenoxy) is 1. The lowest BCUT2D eigenvalue weighted by molar-refractivity contribution is 0.309. The first-order valence-electron chi connectivity index (χ1n) is 9.66. The minimum atomic E-state index is 0.717. The number of aromatic nitrogens is 1. The molecule has 1 aromatic heterocycles. The number of aryl methyl sites for hydroxylation is 3.